The maximum absolute atomic E-state index is 5.89. The first-order valence-electron chi connectivity index (χ1n) is 6.34. The maximum Gasteiger partial charge on any atom is 0.00425 e. The Morgan fingerprint density at radius 1 is 0.812 bits per heavy atom. The molecule has 0 aliphatic heterocycles. The van der Waals surface area contributed by atoms with Crippen LogP contribution in [0, 0.1) is 11.8 Å². The first-order valence-corrected chi connectivity index (χ1v) is 6.34. The first kappa shape index (κ1) is 15.1. The lowest BCUT2D eigenvalue weighted by atomic mass is 10.1. The van der Waals surface area contributed by atoms with Crippen molar-refractivity contribution in [1.82, 2.24) is 0 Å². The van der Waals surface area contributed by atoms with Gasteiger partial charge in [-0.3, -0.25) is 0 Å². The molecule has 0 heterocycles. The molecule has 0 aliphatic carbocycles. The molecule has 4 N–H and O–H groups in total. The van der Waals surface area contributed by atoms with Crippen LogP contribution in [0.5, 0.6) is 0 Å². The summed E-state index contributed by atoms with van der Waals surface area (Å²) in [4.78, 5) is 0. The summed E-state index contributed by atoms with van der Waals surface area (Å²) < 4.78 is 0. The number of hydrogen-bond acceptors (Lipinski definition) is 2. The molecule has 0 unspecified atom stereocenters. The molecule has 0 saturated carbocycles. The van der Waals surface area contributed by atoms with Crippen LogP contribution in [0.4, 0.5) is 0 Å². The van der Waals surface area contributed by atoms with Crippen molar-refractivity contribution in [3.8, 4) is 0 Å². The SMILES string of the molecule is CC(C)C=C(N)CCCCC(N)=CC(C)C. The van der Waals surface area contributed by atoms with Crippen LogP contribution in [-0.4, -0.2) is 0 Å². The van der Waals surface area contributed by atoms with E-state index < -0.39 is 0 Å². The average Bonchev–Trinajstić information content (AvgIpc) is 2.10. The van der Waals surface area contributed by atoms with Crippen molar-refractivity contribution in [1.29, 1.82) is 0 Å². The third kappa shape index (κ3) is 9.63. The molecular weight excluding hydrogens is 196 g/mol. The van der Waals surface area contributed by atoms with Gasteiger partial charge in [-0.15, -0.1) is 0 Å². The largest absolute Gasteiger partial charge is 0.402 e. The van der Waals surface area contributed by atoms with Crippen LogP contribution in [0.15, 0.2) is 23.5 Å². The molecule has 16 heavy (non-hydrogen) atoms. The van der Waals surface area contributed by atoms with Crippen LogP contribution in [0.2, 0.25) is 0 Å². The normalized spacial score (nSPS) is 13.9. The maximum atomic E-state index is 5.89. The predicted octanol–water partition coefficient (Wildman–Crippen LogP) is 3.54. The smallest absolute Gasteiger partial charge is 0.00425 e. The van der Waals surface area contributed by atoms with Crippen molar-refractivity contribution < 1.29 is 0 Å². The third-order valence-corrected chi connectivity index (χ3v) is 2.28. The quantitative estimate of drug-likeness (QED) is 0.650. The van der Waals surface area contributed by atoms with Gasteiger partial charge in [0.1, 0.15) is 0 Å². The Morgan fingerprint density at radius 2 is 1.12 bits per heavy atom. The molecule has 2 nitrogen and oxygen atoms in total. The van der Waals surface area contributed by atoms with Crippen LogP contribution >= 0.6 is 0 Å². The van der Waals surface area contributed by atoms with Gasteiger partial charge in [0, 0.05) is 11.4 Å². The van der Waals surface area contributed by atoms with Crippen LogP contribution in [0.3, 0.4) is 0 Å². The fourth-order valence-electron chi connectivity index (χ4n) is 1.68. The van der Waals surface area contributed by atoms with Crippen molar-refractivity contribution in [3.05, 3.63) is 23.5 Å². The van der Waals surface area contributed by atoms with Crippen LogP contribution in [0.1, 0.15) is 53.4 Å². The van der Waals surface area contributed by atoms with Gasteiger partial charge in [0.05, 0.1) is 0 Å². The fraction of sp³-hybridized carbons (Fsp3) is 0.714. The summed E-state index contributed by atoms with van der Waals surface area (Å²) in [7, 11) is 0. The van der Waals surface area contributed by atoms with E-state index in [1.54, 1.807) is 0 Å². The number of allylic oxidation sites excluding steroid dienone is 4. The van der Waals surface area contributed by atoms with Crippen molar-refractivity contribution in [2.24, 2.45) is 23.3 Å². The molecule has 2 heteroatoms. The van der Waals surface area contributed by atoms with Crippen molar-refractivity contribution >= 4 is 0 Å². The standard InChI is InChI=1S/C14H28N2/c1-11(2)9-13(15)7-5-6-8-14(16)10-12(3)4/h9-12H,5-8,15-16H2,1-4H3. The molecule has 0 aromatic heterocycles. The molecule has 0 bridgehead atoms. The average molecular weight is 224 g/mol. The second kappa shape index (κ2) is 8.26. The highest BCUT2D eigenvalue weighted by molar-refractivity contribution is 5.00. The van der Waals surface area contributed by atoms with Crippen molar-refractivity contribution in [2.75, 3.05) is 0 Å². The van der Waals surface area contributed by atoms with Crippen LogP contribution in [-0.2, 0) is 0 Å². The fourth-order valence-corrected chi connectivity index (χ4v) is 1.68. The molecule has 0 aliphatic rings. The number of unbranched alkanes of at least 4 members (excludes halogenated alkanes) is 1. The van der Waals surface area contributed by atoms with E-state index in [1.807, 2.05) is 0 Å². The molecule has 0 fully saturated rings. The van der Waals surface area contributed by atoms with Gasteiger partial charge in [0.25, 0.3) is 0 Å². The molecule has 0 saturated heterocycles. The second-order valence-electron chi connectivity index (χ2n) is 5.18. The zero-order valence-electron chi connectivity index (χ0n) is 11.3. The lowest BCUT2D eigenvalue weighted by Gasteiger charge is -2.05. The Labute approximate surface area is 101 Å². The summed E-state index contributed by atoms with van der Waals surface area (Å²) in [5.41, 5.74) is 13.8. The van der Waals surface area contributed by atoms with Crippen molar-refractivity contribution in [2.45, 2.75) is 53.4 Å². The molecule has 0 spiro atoms. The minimum atomic E-state index is 0.547. The molecule has 0 radical (unpaired) electrons. The molecule has 0 rings (SSSR count). The Bertz CT molecular complexity index is 211. The lowest BCUT2D eigenvalue weighted by Crippen LogP contribution is -2.02. The van der Waals surface area contributed by atoms with E-state index >= 15 is 0 Å². The Hall–Kier alpha value is -0.920. The predicted molar refractivity (Wildman–Crippen MR) is 72.7 cm³/mol. The summed E-state index contributed by atoms with van der Waals surface area (Å²) in [5, 5.41) is 0. The molecule has 94 valence electrons. The summed E-state index contributed by atoms with van der Waals surface area (Å²) >= 11 is 0. The van der Waals surface area contributed by atoms with Gasteiger partial charge in [0.2, 0.25) is 0 Å². The molecule has 0 aromatic carbocycles. The topological polar surface area (TPSA) is 52.0 Å². The molecule has 0 aromatic rings. The van der Waals surface area contributed by atoms with Crippen LogP contribution < -0.4 is 11.5 Å². The van der Waals surface area contributed by atoms with Crippen LogP contribution in [0.25, 0.3) is 0 Å². The van der Waals surface area contributed by atoms with E-state index in [0.717, 1.165) is 37.1 Å². The summed E-state index contributed by atoms with van der Waals surface area (Å²) in [6, 6.07) is 0. The van der Waals surface area contributed by atoms with E-state index in [4.69, 9.17) is 11.5 Å². The number of nitrogens with two attached hydrogens (primary N) is 2. The highest BCUT2D eigenvalue weighted by atomic mass is 14.6. The van der Waals surface area contributed by atoms with Gasteiger partial charge in [-0.2, -0.15) is 0 Å². The van der Waals surface area contributed by atoms with Crippen molar-refractivity contribution in [3.63, 3.8) is 0 Å². The molecule has 0 amide bonds. The summed E-state index contributed by atoms with van der Waals surface area (Å²) in [5.74, 6) is 1.09. The van der Waals surface area contributed by atoms with Gasteiger partial charge < -0.3 is 11.5 Å². The zero-order valence-corrected chi connectivity index (χ0v) is 11.3. The number of hydrogen-bond donors (Lipinski definition) is 2. The number of rotatable bonds is 7. The van der Waals surface area contributed by atoms with E-state index in [-0.39, 0.29) is 0 Å². The summed E-state index contributed by atoms with van der Waals surface area (Å²) in [6.45, 7) is 8.60. The minimum absolute atomic E-state index is 0.547. The van der Waals surface area contributed by atoms with E-state index in [2.05, 4.69) is 39.8 Å². The van der Waals surface area contributed by atoms with Gasteiger partial charge in [-0.25, -0.2) is 0 Å². The highest BCUT2D eigenvalue weighted by Gasteiger charge is 1.97. The van der Waals surface area contributed by atoms with E-state index in [1.165, 1.54) is 0 Å². The Balaban J connectivity index is 3.69. The lowest BCUT2D eigenvalue weighted by molar-refractivity contribution is 0.698. The van der Waals surface area contributed by atoms with Gasteiger partial charge in [-0.05, 0) is 37.5 Å². The monoisotopic (exact) mass is 224 g/mol. The van der Waals surface area contributed by atoms with Gasteiger partial charge >= 0.3 is 0 Å². The Morgan fingerprint density at radius 3 is 1.38 bits per heavy atom. The van der Waals surface area contributed by atoms with Gasteiger partial charge in [0.15, 0.2) is 0 Å². The van der Waals surface area contributed by atoms with Gasteiger partial charge in [-0.1, -0.05) is 39.8 Å². The molecular formula is C14H28N2. The van der Waals surface area contributed by atoms with E-state index in [0.29, 0.717) is 11.8 Å². The third-order valence-electron chi connectivity index (χ3n) is 2.28. The molecule has 0 atom stereocenters. The van der Waals surface area contributed by atoms with E-state index in [9.17, 15) is 0 Å². The first-order chi connectivity index (χ1) is 7.41. The minimum Gasteiger partial charge on any atom is -0.402 e. The Kier molecular flexibility index (Phi) is 7.78. The second-order valence-corrected chi connectivity index (χ2v) is 5.18. The highest BCUT2D eigenvalue weighted by Crippen LogP contribution is 2.10. The summed E-state index contributed by atoms with van der Waals surface area (Å²) in [6.07, 6.45) is 8.50. The zero-order chi connectivity index (χ0) is 12.6.